The molecule has 78 heavy (non-hydrogen) atoms. The number of aliphatic hydroxyl groups excluding tert-OH is 1. The van der Waals surface area contributed by atoms with E-state index in [1.165, 1.54) is 26.0 Å². The molecule has 2 amide bonds. The Morgan fingerprint density at radius 1 is 0.782 bits per heavy atom. The van der Waals surface area contributed by atoms with Gasteiger partial charge in [0.15, 0.2) is 17.5 Å². The smallest absolute Gasteiger partial charge is 0.407 e. The van der Waals surface area contributed by atoms with Crippen molar-refractivity contribution < 1.29 is 81.7 Å². The molecular formula is C59H64N2O17. The maximum Gasteiger partial charge on any atom is 0.407 e. The van der Waals surface area contributed by atoms with Crippen LogP contribution in [0.2, 0.25) is 0 Å². The summed E-state index contributed by atoms with van der Waals surface area (Å²) in [5.41, 5.74) is -6.86. The maximum absolute atomic E-state index is 15.8. The Morgan fingerprint density at radius 3 is 1.97 bits per heavy atom. The van der Waals surface area contributed by atoms with E-state index in [4.69, 9.17) is 33.2 Å². The van der Waals surface area contributed by atoms with E-state index >= 15 is 9.59 Å². The van der Waals surface area contributed by atoms with Gasteiger partial charge in [0.25, 0.3) is 5.91 Å². The Morgan fingerprint density at radius 2 is 1.38 bits per heavy atom. The van der Waals surface area contributed by atoms with Crippen LogP contribution in [0.25, 0.3) is 0 Å². The molecule has 0 aromatic heterocycles. The van der Waals surface area contributed by atoms with Crippen LogP contribution in [0.4, 0.5) is 4.79 Å². The van der Waals surface area contributed by atoms with Gasteiger partial charge >= 0.3 is 35.9 Å². The van der Waals surface area contributed by atoms with E-state index in [2.05, 4.69) is 10.6 Å². The lowest BCUT2D eigenvalue weighted by molar-refractivity contribution is -0.346. The van der Waals surface area contributed by atoms with Crippen LogP contribution in [0.3, 0.4) is 0 Å². The first-order valence-corrected chi connectivity index (χ1v) is 25.8. The Bertz CT molecular complexity index is 2930. The Balaban J connectivity index is 1.21. The fourth-order valence-electron chi connectivity index (χ4n) is 11.7. The fraction of sp³-hybridized carbons (Fsp3) is 0.424. The molecule has 3 fully saturated rings. The van der Waals surface area contributed by atoms with Crippen molar-refractivity contribution in [2.45, 2.75) is 128 Å². The van der Waals surface area contributed by atoms with Gasteiger partial charge in [0, 0.05) is 50.6 Å². The number of esters is 5. The Labute approximate surface area is 450 Å². The minimum Gasteiger partial charge on any atom is -0.455 e. The Kier molecular flexibility index (Phi) is 16.7. The molecule has 8 rings (SSSR count). The second kappa shape index (κ2) is 23.1. The van der Waals surface area contributed by atoms with Gasteiger partial charge in [-0.05, 0) is 66.8 Å². The summed E-state index contributed by atoms with van der Waals surface area (Å²) >= 11 is 0. The third kappa shape index (κ3) is 11.0. The van der Waals surface area contributed by atoms with Crippen molar-refractivity contribution in [3.63, 3.8) is 0 Å². The van der Waals surface area contributed by atoms with Gasteiger partial charge in [-0.25, -0.2) is 14.4 Å². The van der Waals surface area contributed by atoms with E-state index in [1.54, 1.807) is 117 Å². The van der Waals surface area contributed by atoms with Crippen LogP contribution in [0.1, 0.15) is 105 Å². The zero-order chi connectivity index (χ0) is 56.2. The van der Waals surface area contributed by atoms with Gasteiger partial charge in [-0.2, -0.15) is 0 Å². The third-order valence-electron chi connectivity index (χ3n) is 15.8. The number of carbonyl (C=O) groups excluding carboxylic acids is 8. The van der Waals surface area contributed by atoms with Crippen LogP contribution in [-0.2, 0) is 63.7 Å². The van der Waals surface area contributed by atoms with Crippen molar-refractivity contribution >= 4 is 47.6 Å². The van der Waals surface area contributed by atoms with Crippen molar-refractivity contribution in [3.8, 4) is 0 Å². The highest BCUT2D eigenvalue weighted by molar-refractivity contribution is 5.96. The maximum atomic E-state index is 15.8. The predicted molar refractivity (Wildman–Crippen MR) is 275 cm³/mol. The SMILES string of the molecule is CC(=O)O[C@H]1C(=O)[C@@]2(C)[C@H]([C@H](OC(=O)c3ccccc3)[C@]3(O)C[C@H](OC(=O)[C@H](OC(=O)CCCNC(=O)OCc4ccccc4)[C@H](NC(=O)c4ccccc4)c4ccccc4)C(C)=C1C3(C)C)[C@]1(OC(C)=O)CO[C@@H]1C[C@@H]2O. The highest BCUT2D eigenvalue weighted by atomic mass is 16.6. The first-order valence-electron chi connectivity index (χ1n) is 25.8. The van der Waals surface area contributed by atoms with Gasteiger partial charge in [-0.15, -0.1) is 0 Å². The lowest BCUT2D eigenvalue weighted by Gasteiger charge is -2.67. The largest absolute Gasteiger partial charge is 0.455 e. The second-order valence-electron chi connectivity index (χ2n) is 20.9. The molecular weight excluding hydrogens is 1010 g/mol. The zero-order valence-corrected chi connectivity index (χ0v) is 44.1. The van der Waals surface area contributed by atoms with E-state index < -0.39 is 125 Å². The van der Waals surface area contributed by atoms with Crippen molar-refractivity contribution in [3.05, 3.63) is 155 Å². The molecule has 3 aliphatic carbocycles. The molecule has 2 bridgehead atoms. The number of Topliss-reactive ketones (excluding diaryl/α,β-unsaturated/α-hetero) is 1. The molecule has 1 heterocycles. The van der Waals surface area contributed by atoms with Crippen LogP contribution in [0, 0.1) is 16.7 Å². The van der Waals surface area contributed by atoms with Crippen LogP contribution < -0.4 is 10.6 Å². The average Bonchev–Trinajstić information content (AvgIpc) is 3.17. The standard InChI is InChI=1S/C59H64N2O17/c1-34-41(75-54(69)48(46(38-22-13-8-14-23-38)61-52(67)39-24-15-9-16-25-39)76-44(65)28-19-29-60-55(70)72-32-37-20-11-7-12-21-37)31-59(71)51(77-53(68)40-26-17-10-18-27-40)49-57(6,42(64)30-43-58(49,33-73-43)78-36(3)63)50(66)47(74-35(2)62)45(34)56(59,4)5/h7-18,20-27,41-43,46-49,51,64,71H,19,28-33H2,1-6H3,(H,60,70)(H,61,67)/t41-,42-,43+,46+,47+,48+,49-,51-,57+,58-,59+/m0/s1. The average molecular weight is 1070 g/mol. The number of aliphatic hydroxyl groups is 2. The number of amides is 2. The van der Waals surface area contributed by atoms with Gasteiger partial charge in [0.2, 0.25) is 6.10 Å². The molecule has 1 aliphatic heterocycles. The number of alkyl carbamates (subject to hydrolysis) is 1. The fourth-order valence-corrected chi connectivity index (χ4v) is 11.7. The summed E-state index contributed by atoms with van der Waals surface area (Å²) in [6, 6.07) is 31.6. The van der Waals surface area contributed by atoms with E-state index in [0.717, 1.165) is 19.4 Å². The van der Waals surface area contributed by atoms with Gasteiger partial charge in [0.05, 0.1) is 29.6 Å². The lowest BCUT2D eigenvalue weighted by Crippen LogP contribution is -2.82. The molecule has 1 saturated heterocycles. The first-order chi connectivity index (χ1) is 37.1. The van der Waals surface area contributed by atoms with Crippen LogP contribution in [-0.4, -0.2) is 119 Å². The summed E-state index contributed by atoms with van der Waals surface area (Å²) < 4.78 is 42.2. The number of nitrogens with one attached hydrogen (secondary N) is 2. The van der Waals surface area contributed by atoms with Gasteiger partial charge in [-0.3, -0.25) is 24.0 Å². The van der Waals surface area contributed by atoms with E-state index in [-0.39, 0.29) is 61.3 Å². The number of hydrogen-bond donors (Lipinski definition) is 4. The molecule has 4 aromatic carbocycles. The summed E-state index contributed by atoms with van der Waals surface area (Å²) in [5, 5.41) is 31.7. The number of rotatable bonds is 17. The van der Waals surface area contributed by atoms with E-state index in [0.29, 0.717) is 5.56 Å². The van der Waals surface area contributed by atoms with Crippen LogP contribution in [0.5, 0.6) is 0 Å². The van der Waals surface area contributed by atoms with Crippen molar-refractivity contribution in [1.29, 1.82) is 0 Å². The minimum absolute atomic E-state index is 0.00785. The predicted octanol–water partition coefficient (Wildman–Crippen LogP) is 5.99. The number of benzene rings is 4. The van der Waals surface area contributed by atoms with Crippen LogP contribution >= 0.6 is 0 Å². The van der Waals surface area contributed by atoms with Crippen molar-refractivity contribution in [2.75, 3.05) is 13.2 Å². The van der Waals surface area contributed by atoms with E-state index in [9.17, 15) is 39.0 Å². The summed E-state index contributed by atoms with van der Waals surface area (Å²) in [6.45, 7) is 7.79. The summed E-state index contributed by atoms with van der Waals surface area (Å²) in [5.74, 6) is -8.09. The second-order valence-corrected chi connectivity index (χ2v) is 20.9. The molecule has 4 aliphatic rings. The monoisotopic (exact) mass is 1070 g/mol. The number of ketones is 1. The van der Waals surface area contributed by atoms with Gasteiger partial charge in [-0.1, -0.05) is 111 Å². The molecule has 19 heteroatoms. The molecule has 19 nitrogen and oxygen atoms in total. The molecule has 0 unspecified atom stereocenters. The summed E-state index contributed by atoms with van der Waals surface area (Å²) in [6.07, 6.45) is -12.0. The first kappa shape index (κ1) is 56.5. The molecule has 2 saturated carbocycles. The molecule has 4 N–H and O–H groups in total. The van der Waals surface area contributed by atoms with Crippen LogP contribution in [0.15, 0.2) is 132 Å². The minimum atomic E-state index is -2.49. The third-order valence-corrected chi connectivity index (χ3v) is 15.8. The topological polar surface area (TPSA) is 266 Å². The molecule has 11 atom stereocenters. The highest BCUT2D eigenvalue weighted by Crippen LogP contribution is 2.64. The summed E-state index contributed by atoms with van der Waals surface area (Å²) in [4.78, 5) is 113. The van der Waals surface area contributed by atoms with E-state index in [1.807, 2.05) is 6.07 Å². The lowest BCUT2D eigenvalue weighted by atomic mass is 9.44. The van der Waals surface area contributed by atoms with Gasteiger partial charge < -0.3 is 54.0 Å². The molecule has 4 aromatic rings. The normalized spacial score (nSPS) is 27.5. The number of ether oxygens (including phenoxy) is 7. The summed E-state index contributed by atoms with van der Waals surface area (Å²) in [7, 11) is 0. The molecule has 412 valence electrons. The Hall–Kier alpha value is -7.74. The molecule has 0 spiro atoms. The van der Waals surface area contributed by atoms with Crippen molar-refractivity contribution in [2.24, 2.45) is 16.7 Å². The zero-order valence-electron chi connectivity index (χ0n) is 44.1. The molecule has 0 radical (unpaired) electrons. The number of carbonyl (C=O) groups is 8. The number of hydrogen-bond acceptors (Lipinski definition) is 17. The van der Waals surface area contributed by atoms with Gasteiger partial charge in [0.1, 0.15) is 36.6 Å². The number of fused-ring (bicyclic) bond motifs is 5. The highest BCUT2D eigenvalue weighted by Gasteiger charge is 2.78. The quantitative estimate of drug-likeness (QED) is 0.0409. The van der Waals surface area contributed by atoms with Crippen molar-refractivity contribution in [1.82, 2.24) is 10.6 Å².